The molecule has 2 aromatic rings. The molecule has 126 valence electrons. The molecule has 6 nitrogen and oxygen atoms in total. The van der Waals surface area contributed by atoms with E-state index in [9.17, 15) is 14.9 Å². The predicted molar refractivity (Wildman–Crippen MR) is 89.5 cm³/mol. The molecule has 0 saturated carbocycles. The van der Waals surface area contributed by atoms with Crippen LogP contribution in [0.3, 0.4) is 0 Å². The molecule has 0 aliphatic heterocycles. The number of nitro groups is 1. The van der Waals surface area contributed by atoms with Gasteiger partial charge in [0.1, 0.15) is 19.0 Å². The highest BCUT2D eigenvalue weighted by Crippen LogP contribution is 2.20. The summed E-state index contributed by atoms with van der Waals surface area (Å²) in [6.07, 6.45) is 0. The van der Waals surface area contributed by atoms with Crippen molar-refractivity contribution in [3.05, 3.63) is 68.8 Å². The van der Waals surface area contributed by atoms with Crippen molar-refractivity contribution < 1.29 is 19.2 Å². The van der Waals surface area contributed by atoms with Crippen LogP contribution in [0.4, 0.5) is 5.69 Å². The van der Waals surface area contributed by atoms with Crippen molar-refractivity contribution in [3.8, 4) is 5.75 Å². The molecule has 0 spiro atoms. The minimum atomic E-state index is -0.609. The van der Waals surface area contributed by atoms with E-state index in [-0.39, 0.29) is 24.5 Å². The molecule has 0 aliphatic rings. The molecule has 0 bridgehead atoms. The molecule has 6 heteroatoms. The van der Waals surface area contributed by atoms with Gasteiger partial charge in [-0.2, -0.15) is 0 Å². The Kier molecular flexibility index (Phi) is 5.52. The number of nitrogens with zero attached hydrogens (tertiary/aromatic N) is 1. The minimum absolute atomic E-state index is 0.0630. The molecule has 0 aromatic heterocycles. The molecule has 2 rings (SSSR count). The Labute approximate surface area is 140 Å². The summed E-state index contributed by atoms with van der Waals surface area (Å²) < 4.78 is 10.6. The lowest BCUT2D eigenvalue weighted by atomic mass is 10.1. The fourth-order valence-corrected chi connectivity index (χ4v) is 2.33. The van der Waals surface area contributed by atoms with Gasteiger partial charge in [-0.1, -0.05) is 12.1 Å². The first kappa shape index (κ1) is 17.5. The number of hydrogen-bond donors (Lipinski definition) is 0. The first-order valence-corrected chi connectivity index (χ1v) is 7.50. The molecule has 0 unspecified atom stereocenters. The summed E-state index contributed by atoms with van der Waals surface area (Å²) in [5, 5.41) is 10.9. The van der Waals surface area contributed by atoms with Gasteiger partial charge in [0.2, 0.25) is 0 Å². The van der Waals surface area contributed by atoms with Crippen molar-refractivity contribution in [3.63, 3.8) is 0 Å². The highest BCUT2D eigenvalue weighted by Gasteiger charge is 2.15. The summed E-state index contributed by atoms with van der Waals surface area (Å²) in [7, 11) is 0. The summed E-state index contributed by atoms with van der Waals surface area (Å²) in [6.45, 7) is 5.84. The highest BCUT2D eigenvalue weighted by molar-refractivity contribution is 5.90. The maximum absolute atomic E-state index is 11.9. The molecular formula is C18H19NO5. The van der Waals surface area contributed by atoms with Crippen LogP contribution in [0.2, 0.25) is 0 Å². The van der Waals surface area contributed by atoms with E-state index in [0.717, 1.165) is 16.9 Å². The Morgan fingerprint density at radius 3 is 2.33 bits per heavy atom. The van der Waals surface area contributed by atoms with Gasteiger partial charge in [0.05, 0.1) is 10.5 Å². The van der Waals surface area contributed by atoms with Crippen molar-refractivity contribution in [1.82, 2.24) is 0 Å². The third kappa shape index (κ3) is 4.55. The largest absolute Gasteiger partial charge is 0.490 e. The Morgan fingerprint density at radius 2 is 1.71 bits per heavy atom. The van der Waals surface area contributed by atoms with Gasteiger partial charge in [0.15, 0.2) is 0 Å². The fourth-order valence-electron chi connectivity index (χ4n) is 2.33. The van der Waals surface area contributed by atoms with Crippen LogP contribution in [-0.4, -0.2) is 24.1 Å². The minimum Gasteiger partial charge on any atom is -0.490 e. The Balaban J connectivity index is 1.89. The number of nitro benzene ring substituents is 1. The van der Waals surface area contributed by atoms with Crippen LogP contribution in [0.15, 0.2) is 36.4 Å². The number of carbonyl (C=O) groups is 1. The third-order valence-electron chi connectivity index (χ3n) is 3.42. The van der Waals surface area contributed by atoms with Crippen LogP contribution in [0, 0.1) is 30.9 Å². The number of aryl methyl sites for hydroxylation is 3. The van der Waals surface area contributed by atoms with Gasteiger partial charge >= 0.3 is 5.97 Å². The summed E-state index contributed by atoms with van der Waals surface area (Å²) in [4.78, 5) is 22.3. The van der Waals surface area contributed by atoms with E-state index in [1.54, 1.807) is 6.92 Å². The van der Waals surface area contributed by atoms with E-state index in [0.29, 0.717) is 5.56 Å². The van der Waals surface area contributed by atoms with E-state index in [2.05, 4.69) is 0 Å². The molecule has 24 heavy (non-hydrogen) atoms. The first-order valence-electron chi connectivity index (χ1n) is 7.50. The average molecular weight is 329 g/mol. The number of rotatable bonds is 6. The van der Waals surface area contributed by atoms with E-state index >= 15 is 0 Å². The molecule has 0 N–H and O–H groups in total. The Hall–Kier alpha value is -2.89. The number of benzene rings is 2. The lowest BCUT2D eigenvalue weighted by Gasteiger charge is -2.09. The predicted octanol–water partition coefficient (Wildman–Crippen LogP) is 3.76. The van der Waals surface area contributed by atoms with E-state index in [1.807, 2.05) is 32.0 Å². The van der Waals surface area contributed by atoms with Gasteiger partial charge in [0.25, 0.3) is 5.69 Å². The number of ether oxygens (including phenoxy) is 2. The van der Waals surface area contributed by atoms with Gasteiger partial charge in [-0.3, -0.25) is 10.1 Å². The summed E-state index contributed by atoms with van der Waals surface area (Å²) in [5.74, 6) is 0.108. The van der Waals surface area contributed by atoms with Gasteiger partial charge in [0, 0.05) is 11.6 Å². The van der Waals surface area contributed by atoms with Crippen LogP contribution in [0.5, 0.6) is 5.75 Å². The van der Waals surface area contributed by atoms with Gasteiger partial charge < -0.3 is 9.47 Å². The van der Waals surface area contributed by atoms with Gasteiger partial charge in [-0.15, -0.1) is 0 Å². The van der Waals surface area contributed by atoms with Gasteiger partial charge in [-0.05, 0) is 50.1 Å². The third-order valence-corrected chi connectivity index (χ3v) is 3.42. The second-order valence-electron chi connectivity index (χ2n) is 5.57. The van der Waals surface area contributed by atoms with Crippen LogP contribution in [-0.2, 0) is 4.74 Å². The smallest absolute Gasteiger partial charge is 0.338 e. The van der Waals surface area contributed by atoms with Crippen molar-refractivity contribution in [2.45, 2.75) is 20.8 Å². The first-order chi connectivity index (χ1) is 11.4. The fraction of sp³-hybridized carbons (Fsp3) is 0.278. The monoisotopic (exact) mass is 329 g/mol. The van der Waals surface area contributed by atoms with Crippen LogP contribution in [0.25, 0.3) is 0 Å². The summed E-state index contributed by atoms with van der Waals surface area (Å²) in [6, 6.07) is 10.1. The molecule has 0 atom stereocenters. The zero-order valence-electron chi connectivity index (χ0n) is 13.9. The maximum atomic E-state index is 11.9. The second-order valence-corrected chi connectivity index (χ2v) is 5.57. The lowest BCUT2D eigenvalue weighted by molar-refractivity contribution is -0.385. The molecule has 0 saturated heterocycles. The maximum Gasteiger partial charge on any atom is 0.338 e. The van der Waals surface area contributed by atoms with E-state index in [4.69, 9.17) is 9.47 Å². The van der Waals surface area contributed by atoms with Gasteiger partial charge in [-0.25, -0.2) is 4.79 Å². The summed E-state index contributed by atoms with van der Waals surface area (Å²) in [5.41, 5.74) is 2.73. The quantitative estimate of drug-likeness (QED) is 0.349. The topological polar surface area (TPSA) is 78.7 Å². The van der Waals surface area contributed by atoms with Crippen molar-refractivity contribution in [2.75, 3.05) is 13.2 Å². The summed E-state index contributed by atoms with van der Waals surface area (Å²) >= 11 is 0. The molecule has 0 heterocycles. The Bertz CT molecular complexity index is 750. The molecule has 2 aromatic carbocycles. The average Bonchev–Trinajstić information content (AvgIpc) is 2.50. The molecule has 0 radical (unpaired) electrons. The molecule has 0 amide bonds. The van der Waals surface area contributed by atoms with Crippen molar-refractivity contribution >= 4 is 11.7 Å². The lowest BCUT2D eigenvalue weighted by Crippen LogP contribution is -2.12. The zero-order valence-corrected chi connectivity index (χ0v) is 13.9. The van der Waals surface area contributed by atoms with Crippen LogP contribution in [0.1, 0.15) is 27.0 Å². The number of hydrogen-bond acceptors (Lipinski definition) is 5. The molecular weight excluding hydrogens is 310 g/mol. The van der Waals surface area contributed by atoms with E-state index < -0.39 is 10.9 Å². The SMILES string of the molecule is Cc1cc(C)cc(OCCOC(=O)c2ccc(C)c([N+](=O)[O-])c2)c1. The normalized spacial score (nSPS) is 10.3. The Morgan fingerprint density at radius 1 is 1.04 bits per heavy atom. The number of esters is 1. The standard InChI is InChI=1S/C18H19NO5/c1-12-8-13(2)10-16(9-12)23-6-7-24-18(20)15-5-4-14(3)17(11-15)19(21)22/h4-5,8-11H,6-7H2,1-3H3. The van der Waals surface area contributed by atoms with Crippen LogP contribution >= 0.6 is 0 Å². The van der Waals surface area contributed by atoms with Crippen LogP contribution < -0.4 is 4.74 Å². The molecule has 0 aliphatic carbocycles. The number of carbonyl (C=O) groups excluding carboxylic acids is 1. The highest BCUT2D eigenvalue weighted by atomic mass is 16.6. The van der Waals surface area contributed by atoms with Crippen molar-refractivity contribution in [2.24, 2.45) is 0 Å². The second kappa shape index (κ2) is 7.59. The van der Waals surface area contributed by atoms with Crippen molar-refractivity contribution in [1.29, 1.82) is 0 Å². The van der Waals surface area contributed by atoms with E-state index in [1.165, 1.54) is 18.2 Å². The molecule has 0 fully saturated rings. The zero-order chi connectivity index (χ0) is 17.7.